The molecule has 0 saturated heterocycles. The molecule has 0 saturated carbocycles. The van der Waals surface area contributed by atoms with E-state index in [1.54, 1.807) is 30.6 Å². The van der Waals surface area contributed by atoms with Crippen molar-refractivity contribution in [2.75, 3.05) is 7.11 Å². The maximum atomic E-state index is 11.8. The Kier molecular flexibility index (Phi) is 5.40. The SMILES string of the molecule is COC(=O)c1cc(CN(Cc2ccco2)Cc2ccc(C)s2)oc1C. The van der Waals surface area contributed by atoms with E-state index in [-0.39, 0.29) is 5.97 Å². The lowest BCUT2D eigenvalue weighted by Gasteiger charge is -2.19. The summed E-state index contributed by atoms with van der Waals surface area (Å²) in [4.78, 5) is 16.6. The molecule has 132 valence electrons. The second-order valence-electron chi connectivity index (χ2n) is 5.91. The van der Waals surface area contributed by atoms with E-state index >= 15 is 0 Å². The normalized spacial score (nSPS) is 11.2. The van der Waals surface area contributed by atoms with Gasteiger partial charge in [-0.15, -0.1) is 11.3 Å². The molecule has 0 fully saturated rings. The van der Waals surface area contributed by atoms with Crippen LogP contribution in [0.15, 0.2) is 45.4 Å². The number of rotatable bonds is 7. The summed E-state index contributed by atoms with van der Waals surface area (Å²) in [6, 6.07) is 9.87. The predicted octanol–water partition coefficient (Wildman–Crippen LogP) is 4.54. The van der Waals surface area contributed by atoms with Gasteiger partial charge in [-0.3, -0.25) is 4.90 Å². The molecule has 6 heteroatoms. The quantitative estimate of drug-likeness (QED) is 0.580. The second-order valence-corrected chi connectivity index (χ2v) is 7.28. The van der Waals surface area contributed by atoms with Crippen LogP contribution in [0.4, 0.5) is 0 Å². The minimum atomic E-state index is -0.376. The predicted molar refractivity (Wildman–Crippen MR) is 95.5 cm³/mol. The summed E-state index contributed by atoms with van der Waals surface area (Å²) < 4.78 is 16.0. The molecule has 0 aromatic carbocycles. The lowest BCUT2D eigenvalue weighted by atomic mass is 10.2. The molecular formula is C19H21NO4S. The Labute approximate surface area is 150 Å². The third-order valence-corrected chi connectivity index (χ3v) is 4.87. The van der Waals surface area contributed by atoms with E-state index in [4.69, 9.17) is 13.6 Å². The molecule has 3 rings (SSSR count). The van der Waals surface area contributed by atoms with E-state index in [1.807, 2.05) is 12.1 Å². The Hall–Kier alpha value is -2.31. The maximum Gasteiger partial charge on any atom is 0.341 e. The number of thiophene rings is 1. The number of hydrogen-bond donors (Lipinski definition) is 0. The fraction of sp³-hybridized carbons (Fsp3) is 0.316. The Balaban J connectivity index is 1.78. The standard InChI is InChI=1S/C19H21NO4S/c1-13-6-7-17(25-13)12-20(10-15-5-4-8-23-15)11-16-9-18(14(2)24-16)19(21)22-3/h4-9H,10-12H2,1-3H3. The van der Waals surface area contributed by atoms with Gasteiger partial charge in [-0.1, -0.05) is 0 Å². The number of carbonyl (C=O) groups excluding carboxylic acids is 1. The molecule has 3 aromatic heterocycles. The zero-order valence-corrected chi connectivity index (χ0v) is 15.4. The van der Waals surface area contributed by atoms with Crippen molar-refractivity contribution >= 4 is 17.3 Å². The number of methoxy groups -OCH3 is 1. The average Bonchev–Trinajstić information content (AvgIpc) is 3.30. The number of furan rings is 2. The van der Waals surface area contributed by atoms with Gasteiger partial charge in [0.25, 0.3) is 0 Å². The number of carbonyl (C=O) groups is 1. The largest absolute Gasteiger partial charge is 0.468 e. The Morgan fingerprint density at radius 3 is 2.60 bits per heavy atom. The molecule has 0 radical (unpaired) electrons. The molecular weight excluding hydrogens is 338 g/mol. The van der Waals surface area contributed by atoms with Crippen LogP contribution in [0.2, 0.25) is 0 Å². The van der Waals surface area contributed by atoms with Crippen LogP contribution in [0.3, 0.4) is 0 Å². The van der Waals surface area contributed by atoms with Gasteiger partial charge in [0.1, 0.15) is 22.8 Å². The summed E-state index contributed by atoms with van der Waals surface area (Å²) in [6.45, 7) is 5.90. The first-order valence-corrected chi connectivity index (χ1v) is 8.84. The molecule has 3 aromatic rings. The highest BCUT2D eigenvalue weighted by atomic mass is 32.1. The van der Waals surface area contributed by atoms with E-state index in [9.17, 15) is 4.79 Å². The van der Waals surface area contributed by atoms with Gasteiger partial charge in [0.15, 0.2) is 0 Å². The minimum absolute atomic E-state index is 0.376. The molecule has 0 atom stereocenters. The van der Waals surface area contributed by atoms with Crippen molar-refractivity contribution in [3.8, 4) is 0 Å². The van der Waals surface area contributed by atoms with Crippen molar-refractivity contribution < 1.29 is 18.4 Å². The first-order chi connectivity index (χ1) is 12.0. The molecule has 0 amide bonds. The molecule has 0 aliphatic carbocycles. The Morgan fingerprint density at radius 2 is 1.96 bits per heavy atom. The van der Waals surface area contributed by atoms with Crippen molar-refractivity contribution in [1.82, 2.24) is 4.90 Å². The molecule has 25 heavy (non-hydrogen) atoms. The third-order valence-electron chi connectivity index (χ3n) is 3.89. The Bertz CT molecular complexity index is 832. The first kappa shape index (κ1) is 17.5. The van der Waals surface area contributed by atoms with Crippen LogP contribution in [-0.2, 0) is 24.4 Å². The summed E-state index contributed by atoms with van der Waals surface area (Å²) in [5.74, 6) is 1.83. The van der Waals surface area contributed by atoms with E-state index in [0.717, 1.165) is 18.1 Å². The molecule has 0 bridgehead atoms. The fourth-order valence-electron chi connectivity index (χ4n) is 2.74. The van der Waals surface area contributed by atoms with Crippen LogP contribution in [0.25, 0.3) is 0 Å². The van der Waals surface area contributed by atoms with Gasteiger partial charge in [-0.2, -0.15) is 0 Å². The van der Waals surface area contributed by atoms with Gasteiger partial charge in [0.05, 0.1) is 26.5 Å². The molecule has 3 heterocycles. The lowest BCUT2D eigenvalue weighted by molar-refractivity contribution is 0.0599. The van der Waals surface area contributed by atoms with Gasteiger partial charge < -0.3 is 13.6 Å². The number of hydrogen-bond acceptors (Lipinski definition) is 6. The van der Waals surface area contributed by atoms with Crippen molar-refractivity contribution in [3.05, 3.63) is 69.2 Å². The van der Waals surface area contributed by atoms with Crippen LogP contribution >= 0.6 is 11.3 Å². The maximum absolute atomic E-state index is 11.8. The van der Waals surface area contributed by atoms with Crippen LogP contribution in [0, 0.1) is 13.8 Å². The van der Waals surface area contributed by atoms with Crippen molar-refractivity contribution in [1.29, 1.82) is 0 Å². The summed E-state index contributed by atoms with van der Waals surface area (Å²) >= 11 is 1.78. The van der Waals surface area contributed by atoms with Crippen molar-refractivity contribution in [3.63, 3.8) is 0 Å². The molecule has 0 unspecified atom stereocenters. The van der Waals surface area contributed by atoms with E-state index in [1.165, 1.54) is 16.9 Å². The average molecular weight is 359 g/mol. The molecule has 5 nitrogen and oxygen atoms in total. The Morgan fingerprint density at radius 1 is 1.16 bits per heavy atom. The highest BCUT2D eigenvalue weighted by Crippen LogP contribution is 2.22. The van der Waals surface area contributed by atoms with Crippen LogP contribution < -0.4 is 0 Å². The minimum Gasteiger partial charge on any atom is -0.468 e. The van der Waals surface area contributed by atoms with E-state index in [0.29, 0.717) is 24.4 Å². The number of ether oxygens (including phenoxy) is 1. The number of esters is 1. The van der Waals surface area contributed by atoms with Crippen LogP contribution in [-0.4, -0.2) is 18.0 Å². The molecule has 0 spiro atoms. The summed E-state index contributed by atoms with van der Waals surface area (Å²) in [5.41, 5.74) is 0.474. The monoisotopic (exact) mass is 359 g/mol. The van der Waals surface area contributed by atoms with Crippen LogP contribution in [0.5, 0.6) is 0 Å². The molecule has 0 aliphatic rings. The molecule has 0 N–H and O–H groups in total. The fourth-order valence-corrected chi connectivity index (χ4v) is 3.67. The number of nitrogens with zero attached hydrogens (tertiary/aromatic N) is 1. The van der Waals surface area contributed by atoms with Crippen molar-refractivity contribution in [2.24, 2.45) is 0 Å². The van der Waals surface area contributed by atoms with Gasteiger partial charge in [-0.05, 0) is 44.2 Å². The zero-order chi connectivity index (χ0) is 17.8. The smallest absolute Gasteiger partial charge is 0.341 e. The van der Waals surface area contributed by atoms with Gasteiger partial charge in [0.2, 0.25) is 0 Å². The van der Waals surface area contributed by atoms with Crippen LogP contribution in [0.1, 0.15) is 37.4 Å². The number of aryl methyl sites for hydroxylation is 2. The van der Waals surface area contributed by atoms with Gasteiger partial charge in [-0.25, -0.2) is 4.79 Å². The van der Waals surface area contributed by atoms with Crippen molar-refractivity contribution in [2.45, 2.75) is 33.5 Å². The van der Waals surface area contributed by atoms with E-state index < -0.39 is 0 Å². The third kappa shape index (κ3) is 4.41. The summed E-state index contributed by atoms with van der Waals surface area (Å²) in [6.07, 6.45) is 1.68. The van der Waals surface area contributed by atoms with Gasteiger partial charge in [0, 0.05) is 16.3 Å². The highest BCUT2D eigenvalue weighted by molar-refractivity contribution is 7.11. The lowest BCUT2D eigenvalue weighted by Crippen LogP contribution is -2.21. The topological polar surface area (TPSA) is 55.8 Å². The summed E-state index contributed by atoms with van der Waals surface area (Å²) in [5, 5.41) is 0. The van der Waals surface area contributed by atoms with E-state index in [2.05, 4.69) is 24.0 Å². The zero-order valence-electron chi connectivity index (χ0n) is 14.6. The van der Waals surface area contributed by atoms with Gasteiger partial charge >= 0.3 is 5.97 Å². The second kappa shape index (κ2) is 7.72. The molecule has 0 aliphatic heterocycles. The first-order valence-electron chi connectivity index (χ1n) is 8.03. The highest BCUT2D eigenvalue weighted by Gasteiger charge is 2.18. The summed E-state index contributed by atoms with van der Waals surface area (Å²) in [7, 11) is 1.37.